The van der Waals surface area contributed by atoms with Gasteiger partial charge in [0.2, 0.25) is 0 Å². The zero-order valence-electron chi connectivity index (χ0n) is 12.8. The van der Waals surface area contributed by atoms with Gasteiger partial charge in [0.1, 0.15) is 0 Å². The first kappa shape index (κ1) is 15.7. The van der Waals surface area contributed by atoms with Crippen LogP contribution >= 0.6 is 0 Å². The quantitative estimate of drug-likeness (QED) is 0.544. The second-order valence-electron chi connectivity index (χ2n) is 6.85. The van der Waals surface area contributed by atoms with E-state index < -0.39 is 8.07 Å². The summed E-state index contributed by atoms with van der Waals surface area (Å²) in [6.45, 7) is 11.6. The lowest BCUT2D eigenvalue weighted by atomic mass is 9.79. The van der Waals surface area contributed by atoms with Gasteiger partial charge in [0.05, 0.1) is 20.2 Å². The zero-order valence-corrected chi connectivity index (χ0v) is 13.8. The molecule has 1 saturated carbocycles. The number of ether oxygens (including phenoxy) is 1. The maximum Gasteiger partial charge on any atom is 0.306 e. The second-order valence-corrected chi connectivity index (χ2v) is 12.2. The van der Waals surface area contributed by atoms with Crippen LogP contribution in [0, 0.1) is 11.8 Å². The van der Waals surface area contributed by atoms with Gasteiger partial charge >= 0.3 is 5.97 Å². The van der Waals surface area contributed by atoms with Crippen LogP contribution in [0.1, 0.15) is 46.0 Å². The molecule has 3 heteroatoms. The molecule has 0 aromatic heterocycles. The zero-order chi connectivity index (χ0) is 13.8. The molecule has 0 unspecified atom stereocenters. The fraction of sp³-hybridized carbons (Fsp3) is 0.933. The lowest BCUT2D eigenvalue weighted by molar-refractivity contribution is -0.144. The van der Waals surface area contributed by atoms with Crippen LogP contribution < -0.4 is 0 Å². The Bertz CT molecular complexity index is 264. The van der Waals surface area contributed by atoms with Crippen molar-refractivity contribution in [2.45, 2.75) is 71.1 Å². The minimum atomic E-state index is -1.51. The second kappa shape index (κ2) is 6.74. The highest BCUT2D eigenvalue weighted by Gasteiger charge is 2.41. The Balaban J connectivity index is 2.78. The maximum atomic E-state index is 12.3. The highest BCUT2D eigenvalue weighted by atomic mass is 28.3. The Morgan fingerprint density at radius 1 is 1.22 bits per heavy atom. The number of hydrogen-bond acceptors (Lipinski definition) is 2. The predicted octanol–water partition coefficient (Wildman–Crippen LogP) is 4.47. The molecule has 106 valence electrons. The fourth-order valence-electron chi connectivity index (χ4n) is 3.52. The third-order valence-electron chi connectivity index (χ3n) is 4.39. The van der Waals surface area contributed by atoms with Gasteiger partial charge < -0.3 is 4.74 Å². The van der Waals surface area contributed by atoms with Crippen LogP contribution in [-0.4, -0.2) is 20.7 Å². The largest absolute Gasteiger partial charge is 0.466 e. The first-order valence-electron chi connectivity index (χ1n) is 7.54. The third kappa shape index (κ3) is 4.11. The molecular formula is C15H30O2Si. The molecule has 0 heterocycles. The molecule has 18 heavy (non-hydrogen) atoms. The van der Waals surface area contributed by atoms with Crippen LogP contribution in [0.5, 0.6) is 0 Å². The summed E-state index contributed by atoms with van der Waals surface area (Å²) in [4.78, 5) is 12.3. The molecule has 1 aliphatic rings. The van der Waals surface area contributed by atoms with E-state index in [0.717, 1.165) is 5.92 Å². The lowest BCUT2D eigenvalue weighted by Crippen LogP contribution is -2.41. The molecule has 0 bridgehead atoms. The Morgan fingerprint density at radius 3 is 2.22 bits per heavy atom. The number of esters is 1. The molecule has 0 spiro atoms. The van der Waals surface area contributed by atoms with Crippen molar-refractivity contribution in [1.29, 1.82) is 0 Å². The van der Waals surface area contributed by atoms with Gasteiger partial charge in [-0.3, -0.25) is 4.79 Å². The first-order chi connectivity index (χ1) is 8.38. The maximum absolute atomic E-state index is 12.3. The predicted molar refractivity (Wildman–Crippen MR) is 79.5 cm³/mol. The summed E-state index contributed by atoms with van der Waals surface area (Å²) in [7, 11) is -1.51. The third-order valence-corrected chi connectivity index (χ3v) is 7.02. The Labute approximate surface area is 113 Å². The van der Waals surface area contributed by atoms with Crippen molar-refractivity contribution in [2.24, 2.45) is 11.8 Å². The van der Waals surface area contributed by atoms with Gasteiger partial charge in [-0.25, -0.2) is 0 Å². The lowest BCUT2D eigenvalue weighted by Gasteiger charge is -2.38. The normalized spacial score (nSPS) is 21.4. The van der Waals surface area contributed by atoms with Gasteiger partial charge in [0, 0.05) is 0 Å². The van der Waals surface area contributed by atoms with Crippen LogP contribution in [0.15, 0.2) is 0 Å². The summed E-state index contributed by atoms with van der Waals surface area (Å²) >= 11 is 0. The van der Waals surface area contributed by atoms with Gasteiger partial charge in [-0.15, -0.1) is 0 Å². The van der Waals surface area contributed by atoms with Gasteiger partial charge in [-0.05, 0) is 18.8 Å². The molecule has 0 amide bonds. The van der Waals surface area contributed by atoms with E-state index in [1.807, 2.05) is 6.92 Å². The van der Waals surface area contributed by atoms with Crippen LogP contribution in [0.3, 0.4) is 0 Å². The van der Waals surface area contributed by atoms with E-state index >= 15 is 0 Å². The summed E-state index contributed by atoms with van der Waals surface area (Å²) in [6, 6.07) is 0. The van der Waals surface area contributed by atoms with Gasteiger partial charge in [0.25, 0.3) is 0 Å². The van der Waals surface area contributed by atoms with Gasteiger partial charge in [0.15, 0.2) is 0 Å². The Morgan fingerprint density at radius 2 is 1.78 bits per heavy atom. The Hall–Kier alpha value is -0.313. The van der Waals surface area contributed by atoms with Crippen molar-refractivity contribution in [3.8, 4) is 0 Å². The molecule has 2 nitrogen and oxygen atoms in total. The smallest absolute Gasteiger partial charge is 0.306 e. The van der Waals surface area contributed by atoms with Crippen LogP contribution in [0.2, 0.25) is 25.2 Å². The van der Waals surface area contributed by atoms with Crippen molar-refractivity contribution in [1.82, 2.24) is 0 Å². The first-order valence-corrected chi connectivity index (χ1v) is 11.1. The van der Waals surface area contributed by atoms with E-state index in [1.165, 1.54) is 32.1 Å². The molecule has 0 radical (unpaired) electrons. The minimum absolute atomic E-state index is 0.0646. The summed E-state index contributed by atoms with van der Waals surface area (Å²) < 4.78 is 5.34. The van der Waals surface area contributed by atoms with E-state index in [0.29, 0.717) is 12.5 Å². The van der Waals surface area contributed by atoms with E-state index in [4.69, 9.17) is 4.74 Å². The van der Waals surface area contributed by atoms with Crippen LogP contribution in [0.4, 0.5) is 0 Å². The SMILES string of the molecule is CCOC(=O)[C@H]([C@@H](C)C1CCCCC1)[Si](C)(C)C. The van der Waals surface area contributed by atoms with Crippen LogP contribution in [-0.2, 0) is 9.53 Å². The molecule has 1 aliphatic carbocycles. The van der Waals surface area contributed by atoms with E-state index in [-0.39, 0.29) is 11.5 Å². The molecule has 1 fully saturated rings. The molecule has 2 atom stereocenters. The number of carbonyl (C=O) groups excluding carboxylic acids is 1. The molecule has 1 rings (SSSR count). The molecular weight excluding hydrogens is 240 g/mol. The van der Waals surface area contributed by atoms with Crippen molar-refractivity contribution < 1.29 is 9.53 Å². The van der Waals surface area contributed by atoms with Crippen molar-refractivity contribution in [2.75, 3.05) is 6.61 Å². The van der Waals surface area contributed by atoms with Gasteiger partial charge in [-0.1, -0.05) is 58.7 Å². The topological polar surface area (TPSA) is 26.3 Å². The summed E-state index contributed by atoms with van der Waals surface area (Å²) in [5, 5.41) is 0. The summed E-state index contributed by atoms with van der Waals surface area (Å²) in [6.07, 6.45) is 6.68. The standard InChI is InChI=1S/C15H30O2Si/c1-6-17-15(16)14(18(3,4)5)12(2)13-10-8-7-9-11-13/h12-14H,6-11H2,1-5H3/t12-,14-/m0/s1. The number of rotatable bonds is 5. The van der Waals surface area contributed by atoms with Crippen LogP contribution in [0.25, 0.3) is 0 Å². The van der Waals surface area contributed by atoms with E-state index in [9.17, 15) is 4.79 Å². The minimum Gasteiger partial charge on any atom is -0.466 e. The average molecular weight is 270 g/mol. The van der Waals surface area contributed by atoms with E-state index in [2.05, 4.69) is 26.6 Å². The van der Waals surface area contributed by atoms with E-state index in [1.54, 1.807) is 0 Å². The Kier molecular flexibility index (Phi) is 5.89. The van der Waals surface area contributed by atoms with Gasteiger partial charge in [-0.2, -0.15) is 0 Å². The average Bonchev–Trinajstić information content (AvgIpc) is 2.28. The molecule has 0 aromatic carbocycles. The highest BCUT2D eigenvalue weighted by Crippen LogP contribution is 2.41. The number of hydrogen-bond donors (Lipinski definition) is 0. The molecule has 0 saturated heterocycles. The molecule has 0 aliphatic heterocycles. The highest BCUT2D eigenvalue weighted by molar-refractivity contribution is 6.80. The molecule has 0 aromatic rings. The van der Waals surface area contributed by atoms with Crippen molar-refractivity contribution >= 4 is 14.0 Å². The summed E-state index contributed by atoms with van der Waals surface area (Å²) in [5.41, 5.74) is 0.167. The molecule has 0 N–H and O–H groups in total. The number of carbonyl (C=O) groups is 1. The van der Waals surface area contributed by atoms with Crippen molar-refractivity contribution in [3.63, 3.8) is 0 Å². The van der Waals surface area contributed by atoms with Crippen molar-refractivity contribution in [3.05, 3.63) is 0 Å². The summed E-state index contributed by atoms with van der Waals surface area (Å²) in [5.74, 6) is 1.30. The fourth-order valence-corrected chi connectivity index (χ4v) is 6.16. The monoisotopic (exact) mass is 270 g/mol.